The van der Waals surface area contributed by atoms with E-state index in [2.05, 4.69) is 21.2 Å². The fourth-order valence-corrected chi connectivity index (χ4v) is 3.12. The summed E-state index contributed by atoms with van der Waals surface area (Å²) in [6.45, 7) is -0.817. The largest absolute Gasteiger partial charge is 0.481 e. The Balaban J connectivity index is 1.76. The summed E-state index contributed by atoms with van der Waals surface area (Å²) in [5.41, 5.74) is 0.357. The molecule has 0 aliphatic carbocycles. The van der Waals surface area contributed by atoms with Crippen LogP contribution >= 0.6 is 38.9 Å². The number of nitriles is 1. The average molecular weight is 430 g/mol. The Kier molecular flexibility index (Phi) is 6.61. The molecule has 0 unspecified atom stereocenters. The second-order valence-corrected chi connectivity index (χ2v) is 6.55. The van der Waals surface area contributed by atoms with Crippen LogP contribution in [0, 0.1) is 11.3 Å². The number of halogens is 2. The van der Waals surface area contributed by atoms with Crippen molar-refractivity contribution in [3.8, 4) is 11.8 Å². The molecule has 124 valence electrons. The molecule has 2 aromatic rings. The van der Waals surface area contributed by atoms with E-state index in [-0.39, 0.29) is 6.61 Å². The molecule has 9 heteroatoms. The molecule has 1 N–H and O–H groups in total. The van der Waals surface area contributed by atoms with E-state index in [1.165, 1.54) is 11.3 Å². The quantitative estimate of drug-likeness (QED) is 0.709. The Labute approximate surface area is 155 Å². The van der Waals surface area contributed by atoms with Gasteiger partial charge in [0, 0.05) is 5.02 Å². The highest BCUT2D eigenvalue weighted by atomic mass is 79.9. The van der Waals surface area contributed by atoms with Gasteiger partial charge in [-0.1, -0.05) is 11.6 Å². The monoisotopic (exact) mass is 428 g/mol. The Hall–Kier alpha value is -2.08. The van der Waals surface area contributed by atoms with Crippen LogP contribution in [0.4, 0.5) is 5.00 Å². The number of thiophene rings is 1. The Bertz CT molecular complexity index is 803. The molecule has 0 fully saturated rings. The number of nitrogens with zero attached hydrogens (tertiary/aromatic N) is 1. The number of hydrogen-bond donors (Lipinski definition) is 1. The highest BCUT2D eigenvalue weighted by molar-refractivity contribution is 9.10. The van der Waals surface area contributed by atoms with Crippen LogP contribution in [0.1, 0.15) is 5.56 Å². The van der Waals surface area contributed by atoms with Crippen LogP contribution in [-0.2, 0) is 14.3 Å². The number of benzene rings is 1. The third-order valence-corrected chi connectivity index (χ3v) is 4.33. The number of rotatable bonds is 6. The zero-order chi connectivity index (χ0) is 17.5. The van der Waals surface area contributed by atoms with E-state index in [9.17, 15) is 9.59 Å². The maximum absolute atomic E-state index is 11.7. The summed E-state index contributed by atoms with van der Waals surface area (Å²) in [4.78, 5) is 23.3. The molecule has 0 radical (unpaired) electrons. The van der Waals surface area contributed by atoms with Crippen LogP contribution in [0.2, 0.25) is 5.02 Å². The summed E-state index contributed by atoms with van der Waals surface area (Å²) in [7, 11) is 0. The third kappa shape index (κ3) is 5.23. The molecule has 1 aromatic heterocycles. The average Bonchev–Trinajstić information content (AvgIpc) is 2.99. The van der Waals surface area contributed by atoms with Gasteiger partial charge >= 0.3 is 5.97 Å². The van der Waals surface area contributed by atoms with Crippen molar-refractivity contribution in [1.82, 2.24) is 0 Å². The zero-order valence-electron chi connectivity index (χ0n) is 12.0. The third-order valence-electron chi connectivity index (χ3n) is 2.64. The summed E-state index contributed by atoms with van der Waals surface area (Å²) in [6.07, 6.45) is 0. The zero-order valence-corrected chi connectivity index (χ0v) is 15.2. The number of carbonyl (C=O) groups is 2. The van der Waals surface area contributed by atoms with Gasteiger partial charge in [-0.25, -0.2) is 4.79 Å². The molecule has 0 saturated heterocycles. The summed E-state index contributed by atoms with van der Waals surface area (Å²) in [6, 6.07) is 8.39. The highest BCUT2D eigenvalue weighted by Crippen LogP contribution is 2.27. The van der Waals surface area contributed by atoms with Crippen LogP contribution in [0.15, 0.2) is 34.1 Å². The lowest BCUT2D eigenvalue weighted by Gasteiger charge is -2.08. The molecule has 0 aliphatic rings. The van der Waals surface area contributed by atoms with Gasteiger partial charge in [-0.05, 0) is 45.6 Å². The smallest absolute Gasteiger partial charge is 0.344 e. The molecule has 0 atom stereocenters. The van der Waals surface area contributed by atoms with Crippen molar-refractivity contribution in [2.45, 2.75) is 0 Å². The molecule has 0 saturated carbocycles. The minimum absolute atomic E-state index is 0.351. The first-order valence-electron chi connectivity index (χ1n) is 6.50. The van der Waals surface area contributed by atoms with E-state index >= 15 is 0 Å². The second-order valence-electron chi connectivity index (χ2n) is 4.35. The first-order chi connectivity index (χ1) is 11.5. The summed E-state index contributed by atoms with van der Waals surface area (Å²) >= 11 is 10.3. The van der Waals surface area contributed by atoms with Crippen LogP contribution in [-0.4, -0.2) is 25.1 Å². The van der Waals surface area contributed by atoms with Gasteiger partial charge in [0.15, 0.2) is 13.2 Å². The van der Waals surface area contributed by atoms with Gasteiger partial charge in [0.1, 0.15) is 16.8 Å². The van der Waals surface area contributed by atoms with E-state index < -0.39 is 18.5 Å². The lowest BCUT2D eigenvalue weighted by atomic mass is 10.3. The van der Waals surface area contributed by atoms with E-state index in [0.717, 1.165) is 0 Å². The predicted molar refractivity (Wildman–Crippen MR) is 93.3 cm³/mol. The lowest BCUT2D eigenvalue weighted by Crippen LogP contribution is -2.23. The van der Waals surface area contributed by atoms with Crippen molar-refractivity contribution < 1.29 is 19.1 Å². The van der Waals surface area contributed by atoms with Crippen molar-refractivity contribution in [1.29, 1.82) is 5.26 Å². The molecular formula is C15H10BrClN2O4S. The van der Waals surface area contributed by atoms with Crippen molar-refractivity contribution in [2.75, 3.05) is 18.5 Å². The minimum atomic E-state index is -0.696. The molecule has 6 nitrogen and oxygen atoms in total. The van der Waals surface area contributed by atoms with Gasteiger partial charge in [-0.2, -0.15) is 5.26 Å². The molecule has 1 aromatic carbocycles. The predicted octanol–water partition coefficient (Wildman–Crippen LogP) is 3.60. The van der Waals surface area contributed by atoms with Gasteiger partial charge < -0.3 is 14.8 Å². The van der Waals surface area contributed by atoms with Crippen molar-refractivity contribution >= 4 is 55.7 Å². The summed E-state index contributed by atoms with van der Waals surface area (Å²) < 4.78 is 10.7. The molecule has 1 amide bonds. The van der Waals surface area contributed by atoms with E-state index in [1.807, 2.05) is 6.07 Å². The topological polar surface area (TPSA) is 88.4 Å². The van der Waals surface area contributed by atoms with Crippen molar-refractivity contribution in [3.05, 3.63) is 44.7 Å². The van der Waals surface area contributed by atoms with Crippen LogP contribution in [0.25, 0.3) is 0 Å². The molecule has 1 heterocycles. The van der Waals surface area contributed by atoms with Crippen molar-refractivity contribution in [2.24, 2.45) is 0 Å². The number of hydrogen-bond acceptors (Lipinski definition) is 6. The van der Waals surface area contributed by atoms with Crippen LogP contribution in [0.3, 0.4) is 0 Å². The number of ether oxygens (including phenoxy) is 2. The SMILES string of the molecule is N#Cc1ccsc1NC(=O)COC(=O)COc1ccc(Cl)cc1Br. The number of nitrogens with one attached hydrogen (secondary N) is 1. The van der Waals surface area contributed by atoms with E-state index in [4.69, 9.17) is 26.3 Å². The van der Waals surface area contributed by atoms with Crippen molar-refractivity contribution in [3.63, 3.8) is 0 Å². The van der Waals surface area contributed by atoms with Gasteiger partial charge in [-0.3, -0.25) is 4.79 Å². The van der Waals surface area contributed by atoms with Gasteiger partial charge in [-0.15, -0.1) is 11.3 Å². The Morgan fingerprint density at radius 2 is 2.12 bits per heavy atom. The van der Waals surface area contributed by atoms with Gasteiger partial charge in [0.2, 0.25) is 0 Å². The molecule has 0 spiro atoms. The summed E-state index contributed by atoms with van der Waals surface area (Å²) in [5.74, 6) is -0.799. The number of esters is 1. The first-order valence-corrected chi connectivity index (χ1v) is 8.55. The first kappa shape index (κ1) is 18.3. The number of anilines is 1. The number of carbonyl (C=O) groups excluding carboxylic acids is 2. The molecular weight excluding hydrogens is 420 g/mol. The number of amides is 1. The summed E-state index contributed by atoms with van der Waals surface area (Å²) in [5, 5.41) is 14.0. The van der Waals surface area contributed by atoms with Crippen LogP contribution < -0.4 is 10.1 Å². The Morgan fingerprint density at radius 1 is 1.33 bits per heavy atom. The van der Waals surface area contributed by atoms with Crippen LogP contribution in [0.5, 0.6) is 5.75 Å². The highest BCUT2D eigenvalue weighted by Gasteiger charge is 2.12. The molecule has 24 heavy (non-hydrogen) atoms. The van der Waals surface area contributed by atoms with Gasteiger partial charge in [0.25, 0.3) is 5.91 Å². The standard InChI is InChI=1S/C15H10BrClN2O4S/c16-11-5-10(17)1-2-12(11)22-8-14(21)23-7-13(20)19-15-9(6-18)3-4-24-15/h1-5H,7-8H2,(H,19,20). The maximum atomic E-state index is 11.7. The van der Waals surface area contributed by atoms with Gasteiger partial charge in [0.05, 0.1) is 10.0 Å². The molecule has 0 aliphatic heterocycles. The Morgan fingerprint density at radius 3 is 2.83 bits per heavy atom. The normalized spacial score (nSPS) is 9.88. The second kappa shape index (κ2) is 8.68. The van der Waals surface area contributed by atoms with E-state index in [1.54, 1.807) is 29.6 Å². The molecule has 2 rings (SSSR count). The fraction of sp³-hybridized carbons (Fsp3) is 0.133. The lowest BCUT2D eigenvalue weighted by molar-refractivity contribution is -0.149. The fourth-order valence-electron chi connectivity index (χ4n) is 1.57. The van der Waals surface area contributed by atoms with E-state index in [0.29, 0.717) is 25.8 Å². The maximum Gasteiger partial charge on any atom is 0.344 e. The molecule has 0 bridgehead atoms. The minimum Gasteiger partial charge on any atom is -0.481 e.